The van der Waals surface area contributed by atoms with Crippen LogP contribution in [0.1, 0.15) is 20.8 Å². The highest BCUT2D eigenvalue weighted by Gasteiger charge is 2.22. The fourth-order valence-corrected chi connectivity index (χ4v) is 4.56. The molecule has 0 bridgehead atoms. The Balaban J connectivity index is 1.68. The van der Waals surface area contributed by atoms with E-state index in [2.05, 4.69) is 15.5 Å². The van der Waals surface area contributed by atoms with E-state index in [1.807, 2.05) is 49.7 Å². The van der Waals surface area contributed by atoms with E-state index < -0.39 is 5.97 Å². The number of aryl methyl sites for hydroxylation is 1. The Morgan fingerprint density at radius 1 is 1.17 bits per heavy atom. The van der Waals surface area contributed by atoms with Gasteiger partial charge in [0.25, 0.3) is 0 Å². The molecule has 0 saturated carbocycles. The highest BCUT2D eigenvalue weighted by atomic mass is 32.2. The first-order valence-corrected chi connectivity index (χ1v) is 10.8. The number of benzene rings is 1. The number of hydrogen-bond donors (Lipinski definition) is 1. The van der Waals surface area contributed by atoms with Crippen molar-refractivity contribution in [1.82, 2.24) is 14.8 Å². The molecule has 0 spiro atoms. The van der Waals surface area contributed by atoms with E-state index in [9.17, 15) is 9.59 Å². The van der Waals surface area contributed by atoms with Gasteiger partial charge in [0.1, 0.15) is 10.8 Å². The summed E-state index contributed by atoms with van der Waals surface area (Å²) < 4.78 is 11.8. The van der Waals surface area contributed by atoms with Crippen LogP contribution >= 0.6 is 23.1 Å². The highest BCUT2D eigenvalue weighted by molar-refractivity contribution is 7.99. The van der Waals surface area contributed by atoms with Crippen LogP contribution in [0.15, 0.2) is 29.4 Å². The zero-order valence-electron chi connectivity index (χ0n) is 17.3. The first-order valence-electron chi connectivity index (χ1n) is 9.00. The quantitative estimate of drug-likeness (QED) is 0.437. The van der Waals surface area contributed by atoms with Crippen LogP contribution in [0.4, 0.5) is 5.00 Å². The summed E-state index contributed by atoms with van der Waals surface area (Å²) in [5.74, 6) is 0.888. The minimum atomic E-state index is -0.461. The Kier molecular flexibility index (Phi) is 6.78. The highest BCUT2D eigenvalue weighted by Crippen LogP contribution is 2.33. The Labute approximate surface area is 182 Å². The van der Waals surface area contributed by atoms with Gasteiger partial charge in [0, 0.05) is 17.5 Å². The van der Waals surface area contributed by atoms with Crippen molar-refractivity contribution < 1.29 is 19.1 Å². The van der Waals surface area contributed by atoms with Crippen LogP contribution in [-0.4, -0.2) is 46.6 Å². The second-order valence-electron chi connectivity index (χ2n) is 6.41. The van der Waals surface area contributed by atoms with Crippen LogP contribution in [0.25, 0.3) is 11.4 Å². The lowest BCUT2D eigenvalue weighted by molar-refractivity contribution is -0.113. The van der Waals surface area contributed by atoms with Gasteiger partial charge < -0.3 is 19.4 Å². The average molecular weight is 447 g/mol. The summed E-state index contributed by atoms with van der Waals surface area (Å²) in [6.07, 6.45) is 0. The molecule has 0 unspecified atom stereocenters. The Morgan fingerprint density at radius 3 is 2.50 bits per heavy atom. The van der Waals surface area contributed by atoms with Crippen molar-refractivity contribution in [2.24, 2.45) is 7.05 Å². The number of ether oxygens (including phenoxy) is 2. The topological polar surface area (TPSA) is 95.3 Å². The molecule has 10 heteroatoms. The van der Waals surface area contributed by atoms with Crippen LogP contribution in [0.2, 0.25) is 0 Å². The van der Waals surface area contributed by atoms with Crippen molar-refractivity contribution in [2.75, 3.05) is 25.3 Å². The van der Waals surface area contributed by atoms with Gasteiger partial charge in [-0.05, 0) is 43.7 Å². The number of nitrogens with zero attached hydrogens (tertiary/aromatic N) is 3. The molecule has 0 radical (unpaired) electrons. The van der Waals surface area contributed by atoms with Gasteiger partial charge in [0.2, 0.25) is 5.91 Å². The zero-order chi connectivity index (χ0) is 21.8. The maximum atomic E-state index is 12.5. The largest absolute Gasteiger partial charge is 0.497 e. The fraction of sp³-hybridized carbons (Fsp3) is 0.300. The molecular formula is C20H22N4O4S2. The van der Waals surface area contributed by atoms with Crippen molar-refractivity contribution >= 4 is 40.0 Å². The Hall–Kier alpha value is -2.85. The van der Waals surface area contributed by atoms with E-state index in [4.69, 9.17) is 9.47 Å². The SMILES string of the molecule is COC(=O)c1c(NC(=O)CSc2nnc(-c3ccc(OC)cc3)n2C)sc(C)c1C. The summed E-state index contributed by atoms with van der Waals surface area (Å²) in [6, 6.07) is 7.52. The van der Waals surface area contributed by atoms with Crippen LogP contribution in [-0.2, 0) is 16.6 Å². The summed E-state index contributed by atoms with van der Waals surface area (Å²) in [5.41, 5.74) is 2.11. The van der Waals surface area contributed by atoms with Gasteiger partial charge in [-0.15, -0.1) is 21.5 Å². The van der Waals surface area contributed by atoms with Crippen molar-refractivity contribution in [1.29, 1.82) is 0 Å². The van der Waals surface area contributed by atoms with E-state index >= 15 is 0 Å². The Morgan fingerprint density at radius 2 is 1.87 bits per heavy atom. The van der Waals surface area contributed by atoms with Gasteiger partial charge in [-0.2, -0.15) is 0 Å². The number of thioether (sulfide) groups is 1. The molecule has 1 amide bonds. The fourth-order valence-electron chi connectivity index (χ4n) is 2.79. The molecule has 1 aromatic carbocycles. The lowest BCUT2D eigenvalue weighted by atomic mass is 10.1. The number of nitrogens with one attached hydrogen (secondary N) is 1. The summed E-state index contributed by atoms with van der Waals surface area (Å²) in [4.78, 5) is 25.5. The van der Waals surface area contributed by atoms with E-state index in [1.54, 1.807) is 7.11 Å². The van der Waals surface area contributed by atoms with Gasteiger partial charge >= 0.3 is 5.97 Å². The molecule has 0 aliphatic carbocycles. The number of methoxy groups -OCH3 is 2. The predicted octanol–water partition coefficient (Wildman–Crippen LogP) is 3.69. The second-order valence-corrected chi connectivity index (χ2v) is 8.58. The smallest absolute Gasteiger partial charge is 0.341 e. The number of hydrogen-bond acceptors (Lipinski definition) is 8. The summed E-state index contributed by atoms with van der Waals surface area (Å²) in [5, 5.41) is 12.3. The summed E-state index contributed by atoms with van der Waals surface area (Å²) >= 11 is 2.63. The molecule has 3 aromatic rings. The van der Waals surface area contributed by atoms with Crippen molar-refractivity contribution in [3.05, 3.63) is 40.3 Å². The number of anilines is 1. The van der Waals surface area contributed by atoms with Crippen LogP contribution in [0.3, 0.4) is 0 Å². The summed E-state index contributed by atoms with van der Waals surface area (Å²) in [6.45, 7) is 3.74. The van der Waals surface area contributed by atoms with Crippen LogP contribution in [0.5, 0.6) is 5.75 Å². The van der Waals surface area contributed by atoms with Crippen molar-refractivity contribution in [2.45, 2.75) is 19.0 Å². The van der Waals surface area contributed by atoms with Crippen molar-refractivity contribution in [3.63, 3.8) is 0 Å². The molecular weight excluding hydrogens is 424 g/mol. The summed E-state index contributed by atoms with van der Waals surface area (Å²) in [7, 11) is 4.79. The maximum absolute atomic E-state index is 12.5. The first kappa shape index (κ1) is 21.8. The first-order chi connectivity index (χ1) is 14.3. The number of carbonyl (C=O) groups is 2. The third kappa shape index (κ3) is 4.49. The maximum Gasteiger partial charge on any atom is 0.341 e. The zero-order valence-corrected chi connectivity index (χ0v) is 18.9. The van der Waals surface area contributed by atoms with Gasteiger partial charge in [-0.1, -0.05) is 11.8 Å². The molecule has 2 heterocycles. The van der Waals surface area contributed by atoms with Gasteiger partial charge in [-0.25, -0.2) is 4.79 Å². The number of aromatic nitrogens is 3. The molecule has 0 aliphatic rings. The predicted molar refractivity (Wildman–Crippen MR) is 117 cm³/mol. The lowest BCUT2D eigenvalue weighted by Crippen LogP contribution is -2.16. The molecule has 8 nitrogen and oxygen atoms in total. The van der Waals surface area contributed by atoms with Gasteiger partial charge in [-0.3, -0.25) is 4.79 Å². The van der Waals surface area contributed by atoms with Crippen LogP contribution < -0.4 is 10.1 Å². The molecule has 0 aliphatic heterocycles. The number of rotatable bonds is 7. The molecule has 0 atom stereocenters. The lowest BCUT2D eigenvalue weighted by Gasteiger charge is -2.07. The van der Waals surface area contributed by atoms with Crippen molar-refractivity contribution in [3.8, 4) is 17.1 Å². The second kappa shape index (κ2) is 9.31. The van der Waals surface area contributed by atoms with E-state index in [1.165, 1.54) is 30.2 Å². The number of carbonyl (C=O) groups excluding carboxylic acids is 2. The minimum Gasteiger partial charge on any atom is -0.497 e. The molecule has 2 aromatic heterocycles. The third-order valence-corrected chi connectivity index (χ3v) is 6.69. The average Bonchev–Trinajstić information content (AvgIpc) is 3.25. The van der Waals surface area contributed by atoms with E-state index in [-0.39, 0.29) is 11.7 Å². The monoisotopic (exact) mass is 446 g/mol. The van der Waals surface area contributed by atoms with Crippen LogP contribution in [0, 0.1) is 13.8 Å². The van der Waals surface area contributed by atoms with Gasteiger partial charge in [0.05, 0.1) is 25.5 Å². The van der Waals surface area contributed by atoms with E-state index in [0.29, 0.717) is 21.5 Å². The standard InChI is InChI=1S/C20H22N4O4S2/c1-11-12(2)30-18(16(11)19(26)28-5)21-15(25)10-29-20-23-22-17(24(20)3)13-6-8-14(27-4)9-7-13/h6-9H,10H2,1-5H3,(H,21,25). The normalized spacial score (nSPS) is 10.7. The molecule has 158 valence electrons. The van der Waals surface area contributed by atoms with Gasteiger partial charge in [0.15, 0.2) is 11.0 Å². The molecule has 0 saturated heterocycles. The Bertz CT molecular complexity index is 1070. The number of esters is 1. The number of thiophene rings is 1. The number of amides is 1. The molecule has 0 fully saturated rings. The molecule has 1 N–H and O–H groups in total. The molecule has 3 rings (SSSR count). The van der Waals surface area contributed by atoms with E-state index in [0.717, 1.165) is 21.8 Å². The minimum absolute atomic E-state index is 0.130. The molecule has 30 heavy (non-hydrogen) atoms. The third-order valence-electron chi connectivity index (χ3n) is 4.54.